The van der Waals surface area contributed by atoms with E-state index in [9.17, 15) is 14.4 Å². The second-order valence-electron chi connectivity index (χ2n) is 4.71. The van der Waals surface area contributed by atoms with Gasteiger partial charge in [0.2, 0.25) is 0 Å². The minimum absolute atomic E-state index is 0.0962. The highest BCUT2D eigenvalue weighted by atomic mass is 16.5. The van der Waals surface area contributed by atoms with Gasteiger partial charge in [-0.3, -0.25) is 14.5 Å². The Morgan fingerprint density at radius 1 is 1.33 bits per heavy atom. The van der Waals surface area contributed by atoms with Gasteiger partial charge in [-0.05, 0) is 24.1 Å². The van der Waals surface area contributed by atoms with E-state index < -0.39 is 23.9 Å². The van der Waals surface area contributed by atoms with E-state index in [-0.39, 0.29) is 19.4 Å². The summed E-state index contributed by atoms with van der Waals surface area (Å²) in [5.41, 5.74) is 0.790. The Morgan fingerprint density at radius 2 is 2.00 bits per heavy atom. The minimum Gasteiger partial charge on any atom is -0.497 e. The number of carbonyl (C=O) groups is 3. The van der Waals surface area contributed by atoms with Gasteiger partial charge in [-0.25, -0.2) is 4.79 Å². The number of amides is 3. The first-order valence-corrected chi connectivity index (χ1v) is 6.48. The zero-order valence-electron chi connectivity index (χ0n) is 11.5. The third kappa shape index (κ3) is 3.50. The first-order valence-electron chi connectivity index (χ1n) is 6.48. The van der Waals surface area contributed by atoms with E-state index in [4.69, 9.17) is 9.84 Å². The van der Waals surface area contributed by atoms with Crippen molar-refractivity contribution in [1.29, 1.82) is 0 Å². The highest BCUT2D eigenvalue weighted by Gasteiger charge is 2.37. The van der Waals surface area contributed by atoms with E-state index >= 15 is 0 Å². The fraction of sp³-hybridized carbons (Fsp3) is 0.357. The number of nitrogens with one attached hydrogen (secondary N) is 1. The Balaban J connectivity index is 2.00. The molecule has 0 bridgehead atoms. The Morgan fingerprint density at radius 3 is 2.57 bits per heavy atom. The number of carboxylic acids is 1. The van der Waals surface area contributed by atoms with Crippen molar-refractivity contribution < 1.29 is 24.2 Å². The lowest BCUT2D eigenvalue weighted by Crippen LogP contribution is -2.31. The number of hydrogen-bond donors (Lipinski definition) is 2. The fourth-order valence-electron chi connectivity index (χ4n) is 2.10. The first-order chi connectivity index (χ1) is 10.0. The third-order valence-corrected chi connectivity index (χ3v) is 3.25. The number of carboxylic acid groups (broad SMARTS) is 1. The molecule has 1 aromatic carbocycles. The Bertz CT molecular complexity index is 555. The molecule has 1 aliphatic rings. The van der Waals surface area contributed by atoms with Crippen LogP contribution in [0.5, 0.6) is 5.75 Å². The van der Waals surface area contributed by atoms with Gasteiger partial charge < -0.3 is 15.2 Å². The molecule has 1 heterocycles. The Kier molecular flexibility index (Phi) is 4.42. The number of urea groups is 1. The van der Waals surface area contributed by atoms with Crippen LogP contribution < -0.4 is 10.1 Å². The van der Waals surface area contributed by atoms with Crippen molar-refractivity contribution in [3.63, 3.8) is 0 Å². The van der Waals surface area contributed by atoms with Gasteiger partial charge in [0.1, 0.15) is 11.8 Å². The normalized spacial score (nSPS) is 17.8. The number of methoxy groups -OCH3 is 1. The monoisotopic (exact) mass is 292 g/mol. The average molecular weight is 292 g/mol. The van der Waals surface area contributed by atoms with Gasteiger partial charge in [-0.15, -0.1) is 0 Å². The molecule has 1 saturated heterocycles. The van der Waals surface area contributed by atoms with E-state index in [1.807, 2.05) is 0 Å². The summed E-state index contributed by atoms with van der Waals surface area (Å²) in [4.78, 5) is 35.5. The average Bonchev–Trinajstić information content (AvgIpc) is 2.73. The van der Waals surface area contributed by atoms with E-state index in [0.717, 1.165) is 10.5 Å². The van der Waals surface area contributed by atoms with E-state index in [2.05, 4.69) is 5.32 Å². The van der Waals surface area contributed by atoms with Crippen LogP contribution in [0.1, 0.15) is 18.4 Å². The molecule has 112 valence electrons. The van der Waals surface area contributed by atoms with Gasteiger partial charge in [-0.1, -0.05) is 12.1 Å². The molecule has 0 radical (unpaired) electrons. The summed E-state index contributed by atoms with van der Waals surface area (Å²) in [6, 6.07) is 5.78. The number of ether oxygens (including phenoxy) is 1. The molecule has 0 aromatic heterocycles. The summed E-state index contributed by atoms with van der Waals surface area (Å²) >= 11 is 0. The standard InChI is InChI=1S/C14H16N2O5/c1-21-10-4-2-9(3-5-10)8-16-13(19)11(15-14(16)20)6-7-12(17)18/h2-5,11H,6-8H2,1H3,(H,15,20)(H,17,18). The van der Waals surface area contributed by atoms with Gasteiger partial charge in [0.25, 0.3) is 5.91 Å². The van der Waals surface area contributed by atoms with Gasteiger partial charge in [-0.2, -0.15) is 0 Å². The molecule has 2 rings (SSSR count). The predicted octanol–water partition coefficient (Wildman–Crippen LogP) is 0.980. The van der Waals surface area contributed by atoms with Crippen LogP contribution in [0.2, 0.25) is 0 Å². The molecule has 2 N–H and O–H groups in total. The lowest BCUT2D eigenvalue weighted by Gasteiger charge is -2.13. The van der Waals surface area contributed by atoms with Crippen LogP contribution in [-0.4, -0.2) is 41.1 Å². The zero-order valence-corrected chi connectivity index (χ0v) is 11.5. The quantitative estimate of drug-likeness (QED) is 0.762. The van der Waals surface area contributed by atoms with E-state index in [0.29, 0.717) is 5.75 Å². The van der Waals surface area contributed by atoms with Crippen molar-refractivity contribution in [3.05, 3.63) is 29.8 Å². The van der Waals surface area contributed by atoms with Crippen LogP contribution in [0.4, 0.5) is 4.79 Å². The number of benzene rings is 1. The molecule has 7 nitrogen and oxygen atoms in total. The Labute approximate surface area is 121 Å². The van der Waals surface area contributed by atoms with Crippen LogP contribution in [0, 0.1) is 0 Å². The summed E-state index contributed by atoms with van der Waals surface area (Å²) in [6.07, 6.45) is -0.0634. The number of aliphatic carboxylic acids is 1. The number of imide groups is 1. The van der Waals surface area contributed by atoms with Crippen molar-refractivity contribution in [2.45, 2.75) is 25.4 Å². The summed E-state index contributed by atoms with van der Waals surface area (Å²) in [5, 5.41) is 11.1. The van der Waals surface area contributed by atoms with Crippen molar-refractivity contribution in [2.75, 3.05) is 7.11 Å². The van der Waals surface area contributed by atoms with Crippen LogP contribution in [0.15, 0.2) is 24.3 Å². The maximum absolute atomic E-state index is 12.1. The number of hydrogen-bond acceptors (Lipinski definition) is 4. The summed E-state index contributed by atoms with van der Waals surface area (Å²) in [6.45, 7) is 0.151. The summed E-state index contributed by atoms with van der Waals surface area (Å²) < 4.78 is 5.04. The molecule has 0 saturated carbocycles. The van der Waals surface area contributed by atoms with Crippen LogP contribution in [0.3, 0.4) is 0 Å². The molecule has 0 spiro atoms. The molecule has 0 aliphatic carbocycles. The van der Waals surface area contributed by atoms with Crippen molar-refractivity contribution in [1.82, 2.24) is 10.2 Å². The van der Waals surface area contributed by atoms with Gasteiger partial charge in [0.05, 0.1) is 13.7 Å². The first kappa shape index (κ1) is 14.8. The van der Waals surface area contributed by atoms with Crippen LogP contribution >= 0.6 is 0 Å². The Hall–Kier alpha value is -2.57. The highest BCUT2D eigenvalue weighted by molar-refractivity contribution is 6.04. The fourth-order valence-corrected chi connectivity index (χ4v) is 2.10. The molecule has 1 aliphatic heterocycles. The second kappa shape index (κ2) is 6.25. The molecule has 7 heteroatoms. The molecular formula is C14H16N2O5. The molecule has 1 aromatic rings. The predicted molar refractivity (Wildman–Crippen MR) is 72.7 cm³/mol. The molecule has 1 unspecified atom stereocenters. The SMILES string of the molecule is COc1ccc(CN2C(=O)NC(CCC(=O)O)C2=O)cc1. The molecule has 21 heavy (non-hydrogen) atoms. The summed E-state index contributed by atoms with van der Waals surface area (Å²) in [7, 11) is 1.56. The molecule has 1 fully saturated rings. The minimum atomic E-state index is -0.995. The lowest BCUT2D eigenvalue weighted by atomic mass is 10.1. The van der Waals surface area contributed by atoms with Crippen LogP contribution in [-0.2, 0) is 16.1 Å². The smallest absolute Gasteiger partial charge is 0.325 e. The maximum atomic E-state index is 12.1. The third-order valence-electron chi connectivity index (χ3n) is 3.25. The maximum Gasteiger partial charge on any atom is 0.325 e. The van der Waals surface area contributed by atoms with Crippen molar-refractivity contribution in [3.8, 4) is 5.75 Å². The number of rotatable bonds is 6. The topological polar surface area (TPSA) is 95.9 Å². The molecular weight excluding hydrogens is 276 g/mol. The largest absolute Gasteiger partial charge is 0.497 e. The second-order valence-corrected chi connectivity index (χ2v) is 4.71. The van der Waals surface area contributed by atoms with Crippen LogP contribution in [0.25, 0.3) is 0 Å². The van der Waals surface area contributed by atoms with E-state index in [1.165, 1.54) is 0 Å². The van der Waals surface area contributed by atoms with E-state index in [1.54, 1.807) is 31.4 Å². The van der Waals surface area contributed by atoms with Crippen molar-refractivity contribution >= 4 is 17.9 Å². The van der Waals surface area contributed by atoms with Crippen molar-refractivity contribution in [2.24, 2.45) is 0 Å². The van der Waals surface area contributed by atoms with Gasteiger partial charge in [0.15, 0.2) is 0 Å². The summed E-state index contributed by atoms with van der Waals surface area (Å²) in [5.74, 6) is -0.696. The van der Waals surface area contributed by atoms with Gasteiger partial charge in [0, 0.05) is 6.42 Å². The molecule has 1 atom stereocenters. The van der Waals surface area contributed by atoms with Gasteiger partial charge >= 0.3 is 12.0 Å². The zero-order chi connectivity index (χ0) is 15.4. The lowest BCUT2D eigenvalue weighted by molar-refractivity contribution is -0.137. The number of carbonyl (C=O) groups excluding carboxylic acids is 2. The highest BCUT2D eigenvalue weighted by Crippen LogP contribution is 2.17. The number of nitrogens with zero attached hydrogens (tertiary/aromatic N) is 1. The molecule has 3 amide bonds.